The Bertz CT molecular complexity index is 787. The minimum absolute atomic E-state index is 0.127. The van der Waals surface area contributed by atoms with Gasteiger partial charge in [0.1, 0.15) is 0 Å². The molecule has 2 amide bonds. The molecule has 1 fully saturated rings. The van der Waals surface area contributed by atoms with E-state index in [9.17, 15) is 9.59 Å². The van der Waals surface area contributed by atoms with Crippen molar-refractivity contribution in [3.05, 3.63) is 52.4 Å². The average Bonchev–Trinajstić information content (AvgIpc) is 3.18. The van der Waals surface area contributed by atoms with Gasteiger partial charge in [0.25, 0.3) is 5.91 Å². The van der Waals surface area contributed by atoms with Gasteiger partial charge >= 0.3 is 0 Å². The first kappa shape index (κ1) is 18.8. The second kappa shape index (κ2) is 8.12. The zero-order valence-electron chi connectivity index (χ0n) is 14.2. The van der Waals surface area contributed by atoms with Crippen molar-refractivity contribution in [3.8, 4) is 0 Å². The fourth-order valence-electron chi connectivity index (χ4n) is 2.86. The van der Waals surface area contributed by atoms with Crippen LogP contribution >= 0.6 is 23.2 Å². The van der Waals surface area contributed by atoms with Crippen LogP contribution in [0.2, 0.25) is 10.0 Å². The first-order valence-corrected chi connectivity index (χ1v) is 9.04. The zero-order chi connectivity index (χ0) is 18.7. The van der Waals surface area contributed by atoms with E-state index in [2.05, 4.69) is 5.32 Å². The van der Waals surface area contributed by atoms with Gasteiger partial charge in [0.2, 0.25) is 5.91 Å². The van der Waals surface area contributed by atoms with Crippen molar-refractivity contribution in [2.75, 3.05) is 31.5 Å². The van der Waals surface area contributed by atoms with E-state index in [0.717, 1.165) is 0 Å². The van der Waals surface area contributed by atoms with Gasteiger partial charge in [-0.2, -0.15) is 0 Å². The van der Waals surface area contributed by atoms with Crippen LogP contribution in [0.15, 0.2) is 41.0 Å². The zero-order valence-corrected chi connectivity index (χ0v) is 15.8. The summed E-state index contributed by atoms with van der Waals surface area (Å²) in [5, 5.41) is 3.75. The van der Waals surface area contributed by atoms with Crippen molar-refractivity contribution >= 4 is 40.7 Å². The lowest BCUT2D eigenvalue weighted by molar-refractivity contribution is -0.121. The Morgan fingerprint density at radius 1 is 1.15 bits per heavy atom. The van der Waals surface area contributed by atoms with Crippen LogP contribution in [0.5, 0.6) is 0 Å². The van der Waals surface area contributed by atoms with Gasteiger partial charge in [0.05, 0.1) is 23.0 Å². The number of nitrogens with one attached hydrogen (secondary N) is 1. The van der Waals surface area contributed by atoms with Crippen LogP contribution in [-0.2, 0) is 4.79 Å². The van der Waals surface area contributed by atoms with E-state index >= 15 is 0 Å². The van der Waals surface area contributed by atoms with E-state index in [1.165, 1.54) is 6.26 Å². The molecule has 0 spiro atoms. The van der Waals surface area contributed by atoms with Gasteiger partial charge in [-0.1, -0.05) is 23.2 Å². The highest BCUT2D eigenvalue weighted by molar-refractivity contribution is 6.35. The number of amides is 2. The number of halogens is 2. The Morgan fingerprint density at radius 3 is 2.54 bits per heavy atom. The molecular weight excluding hydrogens is 377 g/mol. The third-order valence-electron chi connectivity index (χ3n) is 4.45. The first-order valence-electron chi connectivity index (χ1n) is 8.28. The Morgan fingerprint density at radius 2 is 1.88 bits per heavy atom. The quantitative estimate of drug-likeness (QED) is 0.861. The molecule has 0 saturated carbocycles. The number of carbonyl (C=O) groups is 2. The maximum atomic E-state index is 12.5. The number of benzene rings is 1. The number of carbonyl (C=O) groups excluding carboxylic acids is 2. The van der Waals surface area contributed by atoms with E-state index in [4.69, 9.17) is 27.6 Å². The molecule has 1 aromatic heterocycles. The SMILES string of the molecule is C[C@@H](C(=O)Nc1cc(Cl)ccc1Cl)N1CCN(C(=O)c2ccco2)CC1. The second-order valence-electron chi connectivity index (χ2n) is 6.09. The molecule has 1 N–H and O–H groups in total. The first-order chi connectivity index (χ1) is 12.5. The van der Waals surface area contributed by atoms with Gasteiger partial charge in [-0.3, -0.25) is 14.5 Å². The smallest absolute Gasteiger partial charge is 0.289 e. The largest absolute Gasteiger partial charge is 0.459 e. The fourth-order valence-corrected chi connectivity index (χ4v) is 3.20. The van der Waals surface area contributed by atoms with Gasteiger partial charge < -0.3 is 14.6 Å². The number of anilines is 1. The number of hydrogen-bond acceptors (Lipinski definition) is 4. The van der Waals surface area contributed by atoms with Crippen molar-refractivity contribution < 1.29 is 14.0 Å². The van der Waals surface area contributed by atoms with Crippen molar-refractivity contribution in [2.24, 2.45) is 0 Å². The average molecular weight is 396 g/mol. The third kappa shape index (κ3) is 4.20. The molecule has 0 bridgehead atoms. The molecule has 1 aliphatic heterocycles. The normalized spacial score (nSPS) is 16.3. The van der Waals surface area contributed by atoms with Crippen LogP contribution in [-0.4, -0.2) is 53.8 Å². The summed E-state index contributed by atoms with van der Waals surface area (Å²) >= 11 is 12.0. The van der Waals surface area contributed by atoms with Crippen LogP contribution < -0.4 is 5.32 Å². The summed E-state index contributed by atoms with van der Waals surface area (Å²) in [7, 11) is 0. The van der Waals surface area contributed by atoms with Crippen LogP contribution in [0.4, 0.5) is 5.69 Å². The number of hydrogen-bond donors (Lipinski definition) is 1. The van der Waals surface area contributed by atoms with E-state index in [-0.39, 0.29) is 17.9 Å². The summed E-state index contributed by atoms with van der Waals surface area (Å²) in [5.74, 6) is 0.0391. The Balaban J connectivity index is 1.56. The molecule has 1 aromatic carbocycles. The second-order valence-corrected chi connectivity index (χ2v) is 6.94. The lowest BCUT2D eigenvalue weighted by Gasteiger charge is -2.37. The topological polar surface area (TPSA) is 65.8 Å². The Hall–Kier alpha value is -2.02. The highest BCUT2D eigenvalue weighted by Crippen LogP contribution is 2.25. The standard InChI is InChI=1S/C18H19Cl2N3O3/c1-12(17(24)21-15-11-13(19)4-5-14(15)20)22-6-8-23(9-7-22)18(25)16-3-2-10-26-16/h2-5,10-12H,6-9H2,1H3,(H,21,24)/t12-/m0/s1. The van der Waals surface area contributed by atoms with Gasteiger partial charge in [-0.15, -0.1) is 0 Å². The van der Waals surface area contributed by atoms with Gasteiger partial charge in [-0.05, 0) is 37.3 Å². The third-order valence-corrected chi connectivity index (χ3v) is 5.01. The Kier molecular flexibility index (Phi) is 5.86. The Labute approximate surface area is 161 Å². The fraction of sp³-hybridized carbons (Fsp3) is 0.333. The molecule has 2 aromatic rings. The summed E-state index contributed by atoms with van der Waals surface area (Å²) < 4.78 is 5.16. The predicted octanol–water partition coefficient (Wildman–Crippen LogP) is 3.37. The summed E-state index contributed by atoms with van der Waals surface area (Å²) in [6.45, 7) is 4.11. The molecule has 1 atom stereocenters. The van der Waals surface area contributed by atoms with E-state index in [1.54, 1.807) is 35.2 Å². The predicted molar refractivity (Wildman–Crippen MR) is 101 cm³/mol. The summed E-state index contributed by atoms with van der Waals surface area (Å²) in [6, 6.07) is 7.91. The number of furan rings is 1. The number of piperazine rings is 1. The lowest BCUT2D eigenvalue weighted by Crippen LogP contribution is -2.54. The monoisotopic (exact) mass is 395 g/mol. The molecule has 0 radical (unpaired) electrons. The molecule has 8 heteroatoms. The molecule has 26 heavy (non-hydrogen) atoms. The van der Waals surface area contributed by atoms with E-state index in [0.29, 0.717) is 47.7 Å². The lowest BCUT2D eigenvalue weighted by atomic mass is 10.2. The molecule has 138 valence electrons. The van der Waals surface area contributed by atoms with Gasteiger partial charge in [0, 0.05) is 31.2 Å². The number of rotatable bonds is 4. The highest BCUT2D eigenvalue weighted by atomic mass is 35.5. The van der Waals surface area contributed by atoms with Crippen molar-refractivity contribution in [1.29, 1.82) is 0 Å². The van der Waals surface area contributed by atoms with Crippen LogP contribution in [0.1, 0.15) is 17.5 Å². The van der Waals surface area contributed by atoms with Crippen LogP contribution in [0, 0.1) is 0 Å². The summed E-state index contributed by atoms with van der Waals surface area (Å²) in [4.78, 5) is 28.6. The minimum atomic E-state index is -0.356. The maximum absolute atomic E-state index is 12.5. The van der Waals surface area contributed by atoms with Crippen LogP contribution in [0.25, 0.3) is 0 Å². The summed E-state index contributed by atoms with van der Waals surface area (Å²) in [5.41, 5.74) is 0.489. The minimum Gasteiger partial charge on any atom is -0.459 e. The molecule has 0 aliphatic carbocycles. The molecule has 3 rings (SSSR count). The van der Waals surface area contributed by atoms with Crippen LogP contribution in [0.3, 0.4) is 0 Å². The highest BCUT2D eigenvalue weighted by Gasteiger charge is 2.28. The maximum Gasteiger partial charge on any atom is 0.289 e. The van der Waals surface area contributed by atoms with Gasteiger partial charge in [0.15, 0.2) is 5.76 Å². The van der Waals surface area contributed by atoms with Crippen molar-refractivity contribution in [3.63, 3.8) is 0 Å². The molecule has 0 unspecified atom stereocenters. The van der Waals surface area contributed by atoms with Gasteiger partial charge in [-0.25, -0.2) is 0 Å². The van der Waals surface area contributed by atoms with E-state index in [1.807, 2.05) is 11.8 Å². The van der Waals surface area contributed by atoms with E-state index < -0.39 is 0 Å². The van der Waals surface area contributed by atoms with Crippen molar-refractivity contribution in [2.45, 2.75) is 13.0 Å². The number of nitrogens with zero attached hydrogens (tertiary/aromatic N) is 2. The van der Waals surface area contributed by atoms with Crippen molar-refractivity contribution in [1.82, 2.24) is 9.80 Å². The molecule has 1 aliphatic rings. The molecule has 2 heterocycles. The summed E-state index contributed by atoms with van der Waals surface area (Å²) in [6.07, 6.45) is 1.48. The molecular formula is C18H19Cl2N3O3. The molecule has 1 saturated heterocycles. The molecule has 6 nitrogen and oxygen atoms in total.